The van der Waals surface area contributed by atoms with Gasteiger partial charge in [0.1, 0.15) is 24.9 Å². The fourth-order valence-electron chi connectivity index (χ4n) is 8.63. The number of fused-ring (bicyclic) bond motifs is 5. The predicted molar refractivity (Wildman–Crippen MR) is 126 cm³/mol. The van der Waals surface area contributed by atoms with E-state index in [9.17, 15) is 35.1 Å². The van der Waals surface area contributed by atoms with Crippen molar-refractivity contribution in [2.24, 2.45) is 34.5 Å². The number of Topliss-reactive ketones (excluding diaryl/α,β-unsaturated/α-hetero) is 1. The molecule has 9 heteroatoms. The molecule has 3 saturated carbocycles. The third kappa shape index (κ3) is 4.07. The summed E-state index contributed by atoms with van der Waals surface area (Å²) in [5.41, 5.74) is 1.40. The van der Waals surface area contributed by atoms with Crippen molar-refractivity contribution in [3.63, 3.8) is 0 Å². The van der Waals surface area contributed by atoms with Crippen molar-refractivity contribution in [3.8, 4) is 0 Å². The fraction of sp³-hybridized carbons (Fsp3) is 0.852. The average Bonchev–Trinajstić information content (AvgIpc) is 3.19. The highest BCUT2D eigenvalue weighted by Gasteiger charge is 2.60. The Morgan fingerprint density at radius 1 is 1.00 bits per heavy atom. The first-order valence-corrected chi connectivity index (χ1v) is 13.4. The maximum absolute atomic E-state index is 13.4. The van der Waals surface area contributed by atoms with Gasteiger partial charge in [-0.3, -0.25) is 4.79 Å². The predicted octanol–water partition coefficient (Wildman–Crippen LogP) is 1.40. The summed E-state index contributed by atoms with van der Waals surface area (Å²) in [6, 6.07) is 0. The Bertz CT molecular complexity index is 919. The SMILES string of the molecule is C[C@]12CC[C@H]3[C@@H](CC=C4C[C@@H](O)CC[C@@]43C)[C@@H]1CC[C@@H]2C(=O)COC1O[C@H](C(=O)O)[C@@H](O)[C@H](O)[C@H]1O. The van der Waals surface area contributed by atoms with E-state index in [2.05, 4.69) is 19.9 Å². The molecule has 36 heavy (non-hydrogen) atoms. The van der Waals surface area contributed by atoms with E-state index < -0.39 is 36.7 Å². The molecular weight excluding hydrogens is 468 g/mol. The Morgan fingerprint density at radius 3 is 2.47 bits per heavy atom. The molecule has 1 aliphatic heterocycles. The number of carbonyl (C=O) groups excluding carboxylic acids is 1. The van der Waals surface area contributed by atoms with E-state index >= 15 is 0 Å². The number of aliphatic hydroxyl groups is 4. The molecule has 5 rings (SSSR count). The smallest absolute Gasteiger partial charge is 0.335 e. The van der Waals surface area contributed by atoms with E-state index in [1.54, 1.807) is 0 Å². The van der Waals surface area contributed by atoms with Crippen LogP contribution in [0.5, 0.6) is 0 Å². The van der Waals surface area contributed by atoms with Crippen molar-refractivity contribution >= 4 is 11.8 Å². The largest absolute Gasteiger partial charge is 0.479 e. The van der Waals surface area contributed by atoms with Gasteiger partial charge in [0.05, 0.1) is 6.10 Å². The molecule has 1 saturated heterocycles. The number of rotatable bonds is 5. The standard InChI is InChI=1S/C27H40O9/c1-26-9-7-14(28)11-13(26)3-4-15-16-5-6-18(27(16,2)10-8-17(15)26)19(29)12-35-25-22(32)20(30)21(31)23(36-25)24(33)34/h3,14-18,20-23,25,28,30-32H,4-12H2,1-2H3,(H,33,34)/t14-,15-,16-,17-,18+,20-,21-,22+,23-,25?,26-,27-/m0/s1. The average molecular weight is 509 g/mol. The van der Waals surface area contributed by atoms with Gasteiger partial charge in [-0.1, -0.05) is 25.5 Å². The number of aliphatic carboxylic acids is 1. The van der Waals surface area contributed by atoms with E-state index in [0.717, 1.165) is 51.4 Å². The summed E-state index contributed by atoms with van der Waals surface area (Å²) in [6.07, 6.45) is 1.06. The van der Waals surface area contributed by atoms with Crippen LogP contribution in [0.4, 0.5) is 0 Å². The zero-order chi connectivity index (χ0) is 26.0. The lowest BCUT2D eigenvalue weighted by atomic mass is 9.47. The maximum Gasteiger partial charge on any atom is 0.335 e. The van der Waals surface area contributed by atoms with Crippen molar-refractivity contribution in [2.45, 2.75) is 102 Å². The minimum absolute atomic E-state index is 0.0965. The van der Waals surface area contributed by atoms with Crippen molar-refractivity contribution in [1.82, 2.24) is 0 Å². The summed E-state index contributed by atoms with van der Waals surface area (Å²) >= 11 is 0. The third-order valence-corrected chi connectivity index (χ3v) is 10.7. The van der Waals surface area contributed by atoms with Crippen LogP contribution in [-0.2, 0) is 19.1 Å². The topological polar surface area (TPSA) is 154 Å². The molecule has 0 radical (unpaired) electrons. The van der Waals surface area contributed by atoms with Crippen molar-refractivity contribution in [2.75, 3.05) is 6.61 Å². The first-order valence-electron chi connectivity index (χ1n) is 13.4. The fourth-order valence-corrected chi connectivity index (χ4v) is 8.63. The van der Waals surface area contributed by atoms with Gasteiger partial charge in [-0.25, -0.2) is 4.79 Å². The molecule has 1 unspecified atom stereocenters. The highest BCUT2D eigenvalue weighted by Crippen LogP contribution is 2.66. The van der Waals surface area contributed by atoms with Crippen LogP contribution in [-0.4, -0.2) is 80.7 Å². The summed E-state index contributed by atoms with van der Waals surface area (Å²) in [7, 11) is 0. The molecule has 0 spiro atoms. The summed E-state index contributed by atoms with van der Waals surface area (Å²) in [4.78, 5) is 24.7. The Hall–Kier alpha value is -1.36. The van der Waals surface area contributed by atoms with Gasteiger partial charge in [0, 0.05) is 5.92 Å². The van der Waals surface area contributed by atoms with E-state index in [4.69, 9.17) is 9.47 Å². The highest BCUT2D eigenvalue weighted by molar-refractivity contribution is 5.83. The number of carbonyl (C=O) groups is 2. The van der Waals surface area contributed by atoms with Gasteiger partial charge in [-0.15, -0.1) is 0 Å². The Labute approximate surface area is 211 Å². The van der Waals surface area contributed by atoms with Gasteiger partial charge in [0.25, 0.3) is 0 Å². The van der Waals surface area contributed by atoms with E-state index in [0.29, 0.717) is 17.8 Å². The number of ketones is 1. The Morgan fingerprint density at radius 2 is 1.75 bits per heavy atom. The number of carboxylic acid groups (broad SMARTS) is 1. The lowest BCUT2D eigenvalue weighted by molar-refractivity contribution is -0.292. The first kappa shape index (κ1) is 26.3. The Kier molecular flexibility index (Phi) is 6.88. The molecule has 0 bridgehead atoms. The molecule has 12 atom stereocenters. The van der Waals surface area contributed by atoms with E-state index in [1.165, 1.54) is 5.57 Å². The Balaban J connectivity index is 1.26. The number of carboxylic acids is 1. The summed E-state index contributed by atoms with van der Waals surface area (Å²) < 4.78 is 10.7. The third-order valence-electron chi connectivity index (χ3n) is 10.7. The number of aliphatic hydroxyl groups excluding tert-OH is 4. The first-order chi connectivity index (χ1) is 17.0. The van der Waals surface area contributed by atoms with Crippen LogP contribution in [0, 0.1) is 34.5 Å². The van der Waals surface area contributed by atoms with Crippen molar-refractivity contribution in [3.05, 3.63) is 11.6 Å². The minimum atomic E-state index is -1.79. The maximum atomic E-state index is 13.4. The van der Waals surface area contributed by atoms with Crippen LogP contribution in [0.1, 0.15) is 65.2 Å². The van der Waals surface area contributed by atoms with Gasteiger partial charge >= 0.3 is 5.97 Å². The molecule has 0 aromatic rings. The second-order valence-corrected chi connectivity index (χ2v) is 12.3. The zero-order valence-electron chi connectivity index (χ0n) is 21.1. The molecule has 202 valence electrons. The van der Waals surface area contributed by atoms with Gasteiger partial charge in [0.15, 0.2) is 18.2 Å². The zero-order valence-corrected chi connectivity index (χ0v) is 21.1. The van der Waals surface area contributed by atoms with Crippen molar-refractivity contribution < 1.29 is 44.6 Å². The van der Waals surface area contributed by atoms with Crippen LogP contribution in [0.3, 0.4) is 0 Å². The van der Waals surface area contributed by atoms with Crippen molar-refractivity contribution in [1.29, 1.82) is 0 Å². The highest BCUT2D eigenvalue weighted by atomic mass is 16.7. The normalized spacial score (nSPS) is 50.4. The van der Waals surface area contributed by atoms with Gasteiger partial charge < -0.3 is 35.0 Å². The molecule has 0 aromatic carbocycles. The summed E-state index contributed by atoms with van der Waals surface area (Å²) in [5, 5.41) is 49.5. The lowest BCUT2D eigenvalue weighted by Gasteiger charge is -2.58. The summed E-state index contributed by atoms with van der Waals surface area (Å²) in [6.45, 7) is 4.25. The number of allylic oxidation sites excluding steroid dienone is 1. The van der Waals surface area contributed by atoms with Gasteiger partial charge in [0.2, 0.25) is 0 Å². The molecular formula is C27H40O9. The number of ether oxygens (including phenoxy) is 2. The summed E-state index contributed by atoms with van der Waals surface area (Å²) in [5.74, 6) is -0.261. The lowest BCUT2D eigenvalue weighted by Crippen LogP contribution is -2.60. The molecule has 1 heterocycles. The second-order valence-electron chi connectivity index (χ2n) is 12.3. The quantitative estimate of drug-likeness (QED) is 0.347. The molecule has 4 aliphatic carbocycles. The van der Waals surface area contributed by atoms with Crippen LogP contribution >= 0.6 is 0 Å². The monoisotopic (exact) mass is 508 g/mol. The molecule has 4 fully saturated rings. The molecule has 5 N–H and O–H groups in total. The minimum Gasteiger partial charge on any atom is -0.479 e. The van der Waals surface area contributed by atoms with Crippen LogP contribution in [0.25, 0.3) is 0 Å². The number of hydrogen-bond donors (Lipinski definition) is 5. The van der Waals surface area contributed by atoms with Gasteiger partial charge in [-0.05, 0) is 80.0 Å². The molecule has 9 nitrogen and oxygen atoms in total. The number of hydrogen-bond acceptors (Lipinski definition) is 8. The van der Waals surface area contributed by atoms with Crippen LogP contribution < -0.4 is 0 Å². The van der Waals surface area contributed by atoms with Gasteiger partial charge in [-0.2, -0.15) is 0 Å². The van der Waals surface area contributed by atoms with E-state index in [1.807, 2.05) is 0 Å². The van der Waals surface area contributed by atoms with E-state index in [-0.39, 0.29) is 35.2 Å². The molecule has 0 aromatic heterocycles. The second kappa shape index (κ2) is 9.43. The molecule has 0 amide bonds. The molecule has 5 aliphatic rings. The van der Waals surface area contributed by atoms with Crippen LogP contribution in [0.2, 0.25) is 0 Å². The van der Waals surface area contributed by atoms with Crippen LogP contribution in [0.15, 0.2) is 11.6 Å².